The molecule has 0 saturated heterocycles. The Balaban J connectivity index is 2.82. The van der Waals surface area contributed by atoms with Crippen molar-refractivity contribution in [2.24, 2.45) is 0 Å². The lowest BCUT2D eigenvalue weighted by Crippen LogP contribution is -2.30. The Morgan fingerprint density at radius 2 is 2.00 bits per heavy atom. The minimum Gasteiger partial charge on any atom is -0.451 e. The highest BCUT2D eigenvalue weighted by atomic mass is 28.3. The van der Waals surface area contributed by atoms with Gasteiger partial charge in [-0.3, -0.25) is 0 Å². The summed E-state index contributed by atoms with van der Waals surface area (Å²) in [6.45, 7) is 3.70. The Morgan fingerprint density at radius 1 is 1.36 bits per heavy atom. The molecule has 1 nitrogen and oxygen atoms in total. The van der Waals surface area contributed by atoms with E-state index in [1.807, 2.05) is 36.0 Å². The molecule has 3 heteroatoms. The van der Waals surface area contributed by atoms with E-state index in [9.17, 15) is 0 Å². The smallest absolute Gasteiger partial charge is 0.263 e. The van der Waals surface area contributed by atoms with Crippen molar-refractivity contribution in [3.63, 3.8) is 0 Å². The van der Waals surface area contributed by atoms with Crippen molar-refractivity contribution in [1.29, 1.82) is 0 Å². The highest BCUT2D eigenvalue weighted by Crippen LogP contribution is 1.89. The lowest BCUT2D eigenvalue weighted by atomic mass is 10.4. The summed E-state index contributed by atoms with van der Waals surface area (Å²) in [5, 5.41) is 1.20. The fourth-order valence-corrected chi connectivity index (χ4v) is 2.38. The zero-order valence-electron chi connectivity index (χ0n) is 6.08. The summed E-state index contributed by atoms with van der Waals surface area (Å²) in [5.74, 6) is 0. The van der Waals surface area contributed by atoms with Gasteiger partial charge in [0, 0.05) is 0 Å². The number of benzene rings is 1. The first kappa shape index (κ1) is 8.45. The molecule has 1 aromatic carbocycles. The van der Waals surface area contributed by atoms with Gasteiger partial charge in [0.25, 0.3) is 9.04 Å². The number of hydrogen-bond donors (Lipinski definition) is 0. The predicted molar refractivity (Wildman–Crippen MR) is 48.9 cm³/mol. The van der Waals surface area contributed by atoms with Crippen molar-refractivity contribution in [3.05, 3.63) is 42.6 Å². The van der Waals surface area contributed by atoms with Crippen LogP contribution < -0.4 is 5.19 Å². The Kier molecular flexibility index (Phi) is 3.29. The van der Waals surface area contributed by atoms with Crippen molar-refractivity contribution in [3.8, 4) is 0 Å². The highest BCUT2D eigenvalue weighted by Gasteiger charge is 2.07. The maximum Gasteiger partial charge on any atom is 0.263 e. The summed E-state index contributed by atoms with van der Waals surface area (Å²) in [6, 6.07) is 10.1. The van der Waals surface area contributed by atoms with Gasteiger partial charge in [0.2, 0.25) is 10.5 Å². The second kappa shape index (κ2) is 4.28. The van der Waals surface area contributed by atoms with E-state index in [4.69, 9.17) is 4.12 Å². The van der Waals surface area contributed by atoms with Crippen LogP contribution in [0.15, 0.2) is 42.6 Å². The topological polar surface area (TPSA) is 9.23 Å². The van der Waals surface area contributed by atoms with E-state index in [0.29, 0.717) is 0 Å². The molecule has 4 radical (unpaired) electrons. The molecule has 0 aliphatic carbocycles. The van der Waals surface area contributed by atoms with E-state index in [0.717, 1.165) is 0 Å². The lowest BCUT2D eigenvalue weighted by molar-refractivity contribution is 0.660. The first-order valence-corrected chi connectivity index (χ1v) is 5.16. The predicted octanol–water partition coefficient (Wildman–Crippen LogP) is 0.710. The van der Waals surface area contributed by atoms with Gasteiger partial charge in [-0.1, -0.05) is 36.0 Å². The molecule has 0 amide bonds. The summed E-state index contributed by atoms with van der Waals surface area (Å²) < 4.78 is 5.07. The van der Waals surface area contributed by atoms with E-state index in [1.54, 1.807) is 0 Å². The van der Waals surface area contributed by atoms with E-state index in [1.165, 1.54) is 5.19 Å². The molecular weight excluding hydrogens is 168 g/mol. The second-order valence-electron chi connectivity index (χ2n) is 2.04. The molecule has 0 N–H and O–H groups in total. The van der Waals surface area contributed by atoms with Crippen molar-refractivity contribution >= 4 is 24.7 Å². The van der Waals surface area contributed by atoms with Crippen molar-refractivity contribution in [2.45, 2.75) is 0 Å². The molecular formula is C8H8OSi2. The zero-order valence-corrected chi connectivity index (χ0v) is 8.08. The van der Waals surface area contributed by atoms with Gasteiger partial charge in [-0.2, -0.15) is 0 Å². The summed E-state index contributed by atoms with van der Waals surface area (Å²) in [7, 11) is 2.01. The van der Waals surface area contributed by atoms with Gasteiger partial charge < -0.3 is 4.12 Å². The maximum atomic E-state index is 5.07. The first-order chi connectivity index (χ1) is 5.38. The van der Waals surface area contributed by atoms with E-state index in [2.05, 4.69) is 17.1 Å². The van der Waals surface area contributed by atoms with Gasteiger partial charge in [0.15, 0.2) is 0 Å². The Morgan fingerprint density at radius 3 is 2.45 bits per heavy atom. The van der Waals surface area contributed by atoms with Crippen molar-refractivity contribution in [1.82, 2.24) is 0 Å². The fraction of sp³-hybridized carbons (Fsp3) is 0. The molecule has 11 heavy (non-hydrogen) atoms. The van der Waals surface area contributed by atoms with Crippen LogP contribution in [0.5, 0.6) is 0 Å². The fourth-order valence-electron chi connectivity index (χ4n) is 0.821. The van der Waals surface area contributed by atoms with Gasteiger partial charge in [0.1, 0.15) is 0 Å². The molecule has 0 atom stereocenters. The van der Waals surface area contributed by atoms with Gasteiger partial charge in [-0.15, -0.1) is 6.58 Å². The van der Waals surface area contributed by atoms with Gasteiger partial charge in [-0.05, 0) is 5.19 Å². The molecule has 0 bridgehead atoms. The molecule has 0 spiro atoms. The van der Waals surface area contributed by atoms with Gasteiger partial charge >= 0.3 is 0 Å². The summed E-state index contributed by atoms with van der Waals surface area (Å²) in [4.78, 5) is 0. The molecule has 0 unspecified atom stereocenters. The standard InChI is InChI=1S/C8H8OSi2/c1-2-11(9-10)8-6-4-3-5-7-8/h2-7H,1H2. The van der Waals surface area contributed by atoms with E-state index in [-0.39, 0.29) is 0 Å². The number of hydrogen-bond acceptors (Lipinski definition) is 1. The van der Waals surface area contributed by atoms with E-state index < -0.39 is 9.04 Å². The third-order valence-electron chi connectivity index (χ3n) is 1.35. The third-order valence-corrected chi connectivity index (χ3v) is 3.51. The first-order valence-electron chi connectivity index (χ1n) is 3.27. The molecule has 0 fully saturated rings. The molecule has 0 aliphatic heterocycles. The average molecular weight is 176 g/mol. The average Bonchev–Trinajstić information content (AvgIpc) is 2.09. The lowest BCUT2D eigenvalue weighted by Gasteiger charge is -2.05. The van der Waals surface area contributed by atoms with Crippen LogP contribution in [-0.4, -0.2) is 19.5 Å². The van der Waals surface area contributed by atoms with Crippen LogP contribution in [0.2, 0.25) is 0 Å². The van der Waals surface area contributed by atoms with E-state index >= 15 is 0 Å². The SMILES string of the molecule is C=C[Si](O[Si])c1ccccc1. The van der Waals surface area contributed by atoms with Crippen LogP contribution in [0.1, 0.15) is 0 Å². The van der Waals surface area contributed by atoms with Crippen LogP contribution in [-0.2, 0) is 4.12 Å². The number of rotatable bonds is 3. The molecule has 0 aliphatic rings. The maximum absolute atomic E-state index is 5.07. The van der Waals surface area contributed by atoms with Crippen LogP contribution in [0, 0.1) is 0 Å². The normalized spacial score (nSPS) is 10.0. The molecule has 0 aromatic heterocycles. The van der Waals surface area contributed by atoms with Crippen LogP contribution in [0.25, 0.3) is 0 Å². The highest BCUT2D eigenvalue weighted by molar-refractivity contribution is 6.74. The molecule has 0 saturated carbocycles. The van der Waals surface area contributed by atoms with Gasteiger partial charge in [0.05, 0.1) is 0 Å². The summed E-state index contributed by atoms with van der Waals surface area (Å²) in [5.41, 5.74) is 1.84. The summed E-state index contributed by atoms with van der Waals surface area (Å²) >= 11 is 0. The Hall–Kier alpha value is -0.646. The van der Waals surface area contributed by atoms with Crippen molar-refractivity contribution in [2.75, 3.05) is 0 Å². The largest absolute Gasteiger partial charge is 0.451 e. The summed E-state index contributed by atoms with van der Waals surface area (Å²) in [6.07, 6.45) is 0. The van der Waals surface area contributed by atoms with Crippen LogP contribution in [0.4, 0.5) is 0 Å². The third kappa shape index (κ3) is 2.15. The van der Waals surface area contributed by atoms with Crippen LogP contribution in [0.3, 0.4) is 0 Å². The Bertz CT molecular complexity index is 223. The molecule has 1 aromatic rings. The quantitative estimate of drug-likeness (QED) is 0.616. The minimum atomic E-state index is -1.02. The second-order valence-corrected chi connectivity index (χ2v) is 4.57. The Labute approximate surface area is 72.0 Å². The zero-order chi connectivity index (χ0) is 8.10. The minimum absolute atomic E-state index is 1.02. The molecule has 54 valence electrons. The molecule has 0 heterocycles. The van der Waals surface area contributed by atoms with Crippen LogP contribution >= 0.6 is 0 Å². The van der Waals surface area contributed by atoms with Crippen molar-refractivity contribution < 1.29 is 4.12 Å². The van der Waals surface area contributed by atoms with Gasteiger partial charge in [-0.25, -0.2) is 0 Å². The monoisotopic (exact) mass is 176 g/mol. The molecule has 1 rings (SSSR count).